The van der Waals surface area contributed by atoms with Crippen LogP contribution in [-0.4, -0.2) is 17.4 Å². The Labute approximate surface area is 150 Å². The molecule has 1 aliphatic heterocycles. The summed E-state index contributed by atoms with van der Waals surface area (Å²) in [5.41, 5.74) is 7.68. The maximum atomic E-state index is 12.9. The van der Waals surface area contributed by atoms with Crippen molar-refractivity contribution < 1.29 is 14.5 Å². The number of nitro benzene ring substituents is 1. The fourth-order valence-electron chi connectivity index (χ4n) is 2.72. The zero-order chi connectivity index (χ0) is 18.8. The Morgan fingerprint density at radius 3 is 2.54 bits per heavy atom. The van der Waals surface area contributed by atoms with Crippen LogP contribution in [0.1, 0.15) is 19.4 Å². The molecule has 0 atom stereocenters. The number of nitrogens with two attached hydrogens (primary N) is 1. The number of ether oxygens (including phenoxy) is 1. The summed E-state index contributed by atoms with van der Waals surface area (Å²) in [6.45, 7) is 4.57. The first kappa shape index (κ1) is 17.5. The number of nitrogens with zero attached hydrogens (tertiary/aromatic N) is 2. The molecule has 0 bridgehead atoms. The van der Waals surface area contributed by atoms with Crippen LogP contribution in [0, 0.1) is 16.0 Å². The highest BCUT2D eigenvalue weighted by Gasteiger charge is 2.30. The minimum Gasteiger partial charge on any atom is -0.449 e. The fourth-order valence-corrected chi connectivity index (χ4v) is 2.72. The van der Waals surface area contributed by atoms with Gasteiger partial charge < -0.3 is 15.4 Å². The summed E-state index contributed by atoms with van der Waals surface area (Å²) in [5, 5.41) is 10.8. The number of benzene rings is 2. The summed E-state index contributed by atoms with van der Waals surface area (Å²) in [7, 11) is 0. The highest BCUT2D eigenvalue weighted by atomic mass is 16.6. The first-order valence-electron chi connectivity index (χ1n) is 8.20. The van der Waals surface area contributed by atoms with E-state index in [-0.39, 0.29) is 23.3 Å². The number of anilines is 2. The van der Waals surface area contributed by atoms with E-state index in [1.54, 1.807) is 41.3 Å². The average Bonchev–Trinajstić information content (AvgIpc) is 2.59. The average molecular weight is 353 g/mol. The van der Waals surface area contributed by atoms with Crippen molar-refractivity contribution in [3.63, 3.8) is 0 Å². The van der Waals surface area contributed by atoms with Crippen molar-refractivity contribution in [3.05, 3.63) is 63.9 Å². The lowest BCUT2D eigenvalue weighted by Gasteiger charge is -2.32. The summed E-state index contributed by atoms with van der Waals surface area (Å²) in [4.78, 5) is 24.8. The van der Waals surface area contributed by atoms with Gasteiger partial charge in [-0.3, -0.25) is 14.9 Å². The molecular formula is C19H19N3O4. The van der Waals surface area contributed by atoms with Crippen LogP contribution in [0.15, 0.2) is 48.2 Å². The van der Waals surface area contributed by atoms with Crippen LogP contribution in [0.5, 0.6) is 5.75 Å². The molecule has 2 aromatic carbocycles. The Kier molecular flexibility index (Phi) is 4.62. The van der Waals surface area contributed by atoms with E-state index in [0.717, 1.165) is 0 Å². The third kappa shape index (κ3) is 3.51. The van der Waals surface area contributed by atoms with E-state index >= 15 is 0 Å². The first-order chi connectivity index (χ1) is 12.3. The number of fused-ring (bicyclic) bond motifs is 1. The number of nitrogen functional groups attached to an aromatic ring is 1. The van der Waals surface area contributed by atoms with Crippen LogP contribution < -0.4 is 15.4 Å². The lowest BCUT2D eigenvalue weighted by atomic mass is 10.1. The van der Waals surface area contributed by atoms with Gasteiger partial charge in [0.15, 0.2) is 11.5 Å². The van der Waals surface area contributed by atoms with Crippen molar-refractivity contribution in [2.75, 3.05) is 17.2 Å². The second kappa shape index (κ2) is 6.87. The molecule has 0 aliphatic carbocycles. The van der Waals surface area contributed by atoms with Gasteiger partial charge >= 0.3 is 0 Å². The zero-order valence-corrected chi connectivity index (χ0v) is 14.5. The Hall–Kier alpha value is -3.35. The van der Waals surface area contributed by atoms with Gasteiger partial charge in [-0.25, -0.2) is 0 Å². The molecule has 0 saturated carbocycles. The molecule has 7 heteroatoms. The van der Waals surface area contributed by atoms with Gasteiger partial charge in [-0.2, -0.15) is 0 Å². The van der Waals surface area contributed by atoms with E-state index in [9.17, 15) is 14.9 Å². The van der Waals surface area contributed by atoms with E-state index in [0.29, 0.717) is 29.2 Å². The highest BCUT2D eigenvalue weighted by Crippen LogP contribution is 2.37. The molecule has 1 aliphatic rings. The molecule has 2 aromatic rings. The van der Waals surface area contributed by atoms with Gasteiger partial charge in [0.25, 0.3) is 11.6 Å². The number of nitro groups is 1. The van der Waals surface area contributed by atoms with Crippen molar-refractivity contribution >= 4 is 29.0 Å². The van der Waals surface area contributed by atoms with Gasteiger partial charge in [0.05, 0.1) is 10.6 Å². The zero-order valence-electron chi connectivity index (χ0n) is 14.5. The van der Waals surface area contributed by atoms with Crippen molar-refractivity contribution in [3.8, 4) is 5.75 Å². The SMILES string of the molecule is CC(C)CN1C(=O)/C(=C\c2ccc([N+](=O)[O-])cc2)Oc2ccc(N)cc21. The molecule has 0 saturated heterocycles. The van der Waals surface area contributed by atoms with Gasteiger partial charge in [0, 0.05) is 24.4 Å². The van der Waals surface area contributed by atoms with E-state index in [1.807, 2.05) is 13.8 Å². The van der Waals surface area contributed by atoms with Crippen molar-refractivity contribution in [1.29, 1.82) is 0 Å². The molecule has 26 heavy (non-hydrogen) atoms. The second-order valence-corrected chi connectivity index (χ2v) is 6.50. The molecular weight excluding hydrogens is 334 g/mol. The van der Waals surface area contributed by atoms with E-state index in [4.69, 9.17) is 10.5 Å². The first-order valence-corrected chi connectivity index (χ1v) is 8.20. The standard InChI is InChI=1S/C19H19N3O4/c1-12(2)11-21-16-10-14(20)5-8-17(16)26-18(19(21)23)9-13-3-6-15(7-4-13)22(24)25/h3-10,12H,11,20H2,1-2H3/b18-9+. The number of non-ortho nitro benzene ring substituents is 1. The van der Waals surface area contributed by atoms with E-state index in [1.165, 1.54) is 12.1 Å². The molecule has 2 N–H and O–H groups in total. The minimum absolute atomic E-state index is 0.00899. The number of hydrogen-bond donors (Lipinski definition) is 1. The maximum Gasteiger partial charge on any atom is 0.294 e. The monoisotopic (exact) mass is 353 g/mol. The number of amides is 1. The summed E-state index contributed by atoms with van der Waals surface area (Å²) < 4.78 is 5.77. The normalized spacial score (nSPS) is 15.1. The van der Waals surface area contributed by atoms with Crippen LogP contribution in [0.2, 0.25) is 0 Å². The van der Waals surface area contributed by atoms with Gasteiger partial charge in [0.2, 0.25) is 0 Å². The smallest absolute Gasteiger partial charge is 0.294 e. The number of hydrogen-bond acceptors (Lipinski definition) is 5. The maximum absolute atomic E-state index is 12.9. The third-order valence-corrected chi connectivity index (χ3v) is 3.90. The molecule has 0 unspecified atom stereocenters. The minimum atomic E-state index is -0.468. The summed E-state index contributed by atoms with van der Waals surface area (Å²) in [6, 6.07) is 11.1. The molecule has 3 rings (SSSR count). The van der Waals surface area contributed by atoms with Crippen LogP contribution in [0.3, 0.4) is 0 Å². The molecule has 7 nitrogen and oxygen atoms in total. The Morgan fingerprint density at radius 1 is 1.23 bits per heavy atom. The highest BCUT2D eigenvalue weighted by molar-refractivity contribution is 6.10. The summed E-state index contributed by atoms with van der Waals surface area (Å²) in [6.07, 6.45) is 1.58. The van der Waals surface area contributed by atoms with Crippen LogP contribution in [-0.2, 0) is 4.79 Å². The summed E-state index contributed by atoms with van der Waals surface area (Å²) >= 11 is 0. The van der Waals surface area contributed by atoms with Crippen LogP contribution in [0.25, 0.3) is 6.08 Å². The molecule has 0 radical (unpaired) electrons. The van der Waals surface area contributed by atoms with Crippen molar-refractivity contribution in [2.24, 2.45) is 5.92 Å². The summed E-state index contributed by atoms with van der Waals surface area (Å²) in [5.74, 6) is 0.700. The molecule has 0 aromatic heterocycles. The predicted molar refractivity (Wildman–Crippen MR) is 99.7 cm³/mol. The Balaban J connectivity index is 1.99. The van der Waals surface area contributed by atoms with Crippen LogP contribution in [0.4, 0.5) is 17.1 Å². The number of carbonyl (C=O) groups excluding carboxylic acids is 1. The predicted octanol–water partition coefficient (Wildman–Crippen LogP) is 3.60. The van der Waals surface area contributed by atoms with Crippen molar-refractivity contribution in [1.82, 2.24) is 0 Å². The quantitative estimate of drug-likeness (QED) is 0.392. The fraction of sp³-hybridized carbons (Fsp3) is 0.211. The Morgan fingerprint density at radius 2 is 1.92 bits per heavy atom. The van der Waals surface area contributed by atoms with E-state index in [2.05, 4.69) is 0 Å². The van der Waals surface area contributed by atoms with Gasteiger partial charge in [-0.15, -0.1) is 0 Å². The third-order valence-electron chi connectivity index (χ3n) is 3.90. The Bertz CT molecular complexity index is 888. The van der Waals surface area contributed by atoms with Gasteiger partial charge in [-0.05, 0) is 47.9 Å². The number of rotatable bonds is 4. The molecule has 0 spiro atoms. The molecule has 0 fully saturated rings. The number of carbonyl (C=O) groups is 1. The molecule has 1 amide bonds. The lowest BCUT2D eigenvalue weighted by molar-refractivity contribution is -0.384. The lowest BCUT2D eigenvalue weighted by Crippen LogP contribution is -2.39. The van der Waals surface area contributed by atoms with Crippen LogP contribution >= 0.6 is 0 Å². The topological polar surface area (TPSA) is 98.7 Å². The molecule has 1 heterocycles. The van der Waals surface area contributed by atoms with Crippen molar-refractivity contribution in [2.45, 2.75) is 13.8 Å². The van der Waals surface area contributed by atoms with Gasteiger partial charge in [-0.1, -0.05) is 13.8 Å². The van der Waals surface area contributed by atoms with E-state index < -0.39 is 4.92 Å². The second-order valence-electron chi connectivity index (χ2n) is 6.50. The van der Waals surface area contributed by atoms with Gasteiger partial charge in [0.1, 0.15) is 0 Å². The largest absolute Gasteiger partial charge is 0.449 e. The molecule has 134 valence electrons.